The Balaban J connectivity index is 1.96. The van der Waals surface area contributed by atoms with Crippen LogP contribution in [0.1, 0.15) is 5.56 Å². The average molecular weight is 266 g/mol. The molecule has 1 atom stereocenters. The first-order chi connectivity index (χ1) is 9.06. The molecule has 19 heavy (non-hydrogen) atoms. The van der Waals surface area contributed by atoms with Crippen LogP contribution in [-0.2, 0) is 4.74 Å². The molecule has 1 saturated heterocycles. The van der Waals surface area contributed by atoms with Gasteiger partial charge >= 0.3 is 0 Å². The molecular weight excluding hydrogens is 248 g/mol. The lowest BCUT2D eigenvalue weighted by Crippen LogP contribution is -2.43. The third kappa shape index (κ3) is 3.62. The predicted molar refractivity (Wildman–Crippen MR) is 71.4 cm³/mol. The van der Waals surface area contributed by atoms with Gasteiger partial charge in [-0.15, -0.1) is 0 Å². The van der Waals surface area contributed by atoms with Crippen molar-refractivity contribution in [3.8, 4) is 0 Å². The Kier molecular flexibility index (Phi) is 4.28. The molecule has 2 heterocycles. The summed E-state index contributed by atoms with van der Waals surface area (Å²) in [5.74, 6) is 0.508. The first kappa shape index (κ1) is 13.7. The fourth-order valence-corrected chi connectivity index (χ4v) is 2.02. The van der Waals surface area contributed by atoms with E-state index in [0.717, 1.165) is 13.1 Å². The van der Waals surface area contributed by atoms with Gasteiger partial charge in [0, 0.05) is 31.4 Å². The number of hydrogen-bond donors (Lipinski definition) is 1. The van der Waals surface area contributed by atoms with Crippen molar-refractivity contribution >= 4 is 11.5 Å². The van der Waals surface area contributed by atoms with Crippen molar-refractivity contribution < 1.29 is 9.66 Å². The summed E-state index contributed by atoms with van der Waals surface area (Å²) >= 11 is 0. The number of pyridine rings is 1. The second kappa shape index (κ2) is 5.94. The van der Waals surface area contributed by atoms with Gasteiger partial charge in [0.2, 0.25) is 0 Å². The highest BCUT2D eigenvalue weighted by Crippen LogP contribution is 2.19. The maximum Gasteiger partial charge on any atom is 0.277 e. The maximum atomic E-state index is 10.8. The normalized spacial score (nSPS) is 20.2. The minimum atomic E-state index is -0.396. The molecule has 0 amide bonds. The van der Waals surface area contributed by atoms with Gasteiger partial charge in [0.05, 0.1) is 23.7 Å². The van der Waals surface area contributed by atoms with Crippen molar-refractivity contribution in [2.75, 3.05) is 38.6 Å². The molecule has 1 aliphatic rings. The van der Waals surface area contributed by atoms with Gasteiger partial charge in [-0.25, -0.2) is 4.98 Å². The minimum Gasteiger partial charge on any atom is -0.374 e. The molecule has 1 unspecified atom stereocenters. The number of likely N-dealkylation sites (N-methyl/N-ethyl adjacent to an activating group) is 1. The van der Waals surface area contributed by atoms with Crippen LogP contribution in [0.15, 0.2) is 12.3 Å². The third-order valence-corrected chi connectivity index (χ3v) is 3.12. The van der Waals surface area contributed by atoms with E-state index in [4.69, 9.17) is 4.74 Å². The molecule has 7 nitrogen and oxygen atoms in total. The van der Waals surface area contributed by atoms with Gasteiger partial charge in [-0.05, 0) is 14.0 Å². The molecule has 104 valence electrons. The largest absolute Gasteiger partial charge is 0.374 e. The van der Waals surface area contributed by atoms with Crippen molar-refractivity contribution in [1.29, 1.82) is 0 Å². The molecule has 0 radical (unpaired) electrons. The topological polar surface area (TPSA) is 80.5 Å². The highest BCUT2D eigenvalue weighted by atomic mass is 16.6. The van der Waals surface area contributed by atoms with Crippen LogP contribution in [0.4, 0.5) is 11.5 Å². The van der Waals surface area contributed by atoms with E-state index in [1.165, 1.54) is 12.3 Å². The van der Waals surface area contributed by atoms with E-state index in [-0.39, 0.29) is 11.8 Å². The molecule has 7 heteroatoms. The third-order valence-electron chi connectivity index (χ3n) is 3.12. The lowest BCUT2D eigenvalue weighted by atomic mass is 10.2. The van der Waals surface area contributed by atoms with Crippen molar-refractivity contribution in [1.82, 2.24) is 9.88 Å². The van der Waals surface area contributed by atoms with Crippen molar-refractivity contribution in [2.45, 2.75) is 13.0 Å². The Labute approximate surface area is 111 Å². The summed E-state index contributed by atoms with van der Waals surface area (Å²) in [5.41, 5.74) is 0.642. The van der Waals surface area contributed by atoms with Gasteiger partial charge in [0.1, 0.15) is 5.82 Å². The number of rotatable bonds is 4. The van der Waals surface area contributed by atoms with Gasteiger partial charge in [-0.3, -0.25) is 10.1 Å². The Morgan fingerprint density at radius 3 is 3.16 bits per heavy atom. The average Bonchev–Trinajstić information content (AvgIpc) is 2.37. The number of ether oxygens (including phenoxy) is 1. The molecule has 2 rings (SSSR count). The molecule has 1 fully saturated rings. The highest BCUT2D eigenvalue weighted by Gasteiger charge is 2.18. The lowest BCUT2D eigenvalue weighted by Gasteiger charge is -2.30. The summed E-state index contributed by atoms with van der Waals surface area (Å²) in [6, 6.07) is 1.46. The molecule has 1 aliphatic heterocycles. The van der Waals surface area contributed by atoms with Gasteiger partial charge in [0.25, 0.3) is 5.69 Å². The van der Waals surface area contributed by atoms with Crippen LogP contribution < -0.4 is 5.32 Å². The first-order valence-electron chi connectivity index (χ1n) is 6.21. The second-order valence-electron chi connectivity index (χ2n) is 4.75. The second-order valence-corrected chi connectivity index (χ2v) is 4.75. The molecule has 0 aliphatic carbocycles. The molecule has 1 aromatic rings. The highest BCUT2D eigenvalue weighted by molar-refractivity contribution is 5.48. The number of morpholine rings is 1. The van der Waals surface area contributed by atoms with E-state index < -0.39 is 4.92 Å². The van der Waals surface area contributed by atoms with Crippen LogP contribution in [0, 0.1) is 17.0 Å². The number of hydrogen-bond acceptors (Lipinski definition) is 6. The Hall–Kier alpha value is -1.73. The van der Waals surface area contributed by atoms with E-state index >= 15 is 0 Å². The summed E-state index contributed by atoms with van der Waals surface area (Å²) < 4.78 is 5.61. The van der Waals surface area contributed by atoms with Crippen LogP contribution in [-0.4, -0.2) is 54.2 Å². The van der Waals surface area contributed by atoms with E-state index in [1.54, 1.807) is 6.92 Å². The van der Waals surface area contributed by atoms with Crippen molar-refractivity contribution in [3.63, 3.8) is 0 Å². The smallest absolute Gasteiger partial charge is 0.277 e. The Bertz CT molecular complexity index is 466. The van der Waals surface area contributed by atoms with Gasteiger partial charge in [0.15, 0.2) is 0 Å². The van der Waals surface area contributed by atoms with Crippen molar-refractivity contribution in [2.24, 2.45) is 0 Å². The summed E-state index contributed by atoms with van der Waals surface area (Å²) in [4.78, 5) is 16.8. The molecule has 1 N–H and O–H groups in total. The minimum absolute atomic E-state index is 0.0826. The van der Waals surface area contributed by atoms with Crippen LogP contribution in [0.5, 0.6) is 0 Å². The van der Waals surface area contributed by atoms with Crippen LogP contribution in [0.25, 0.3) is 0 Å². The zero-order valence-corrected chi connectivity index (χ0v) is 11.1. The maximum absolute atomic E-state index is 10.8. The number of aryl methyl sites for hydroxylation is 1. The Morgan fingerprint density at radius 2 is 2.47 bits per heavy atom. The van der Waals surface area contributed by atoms with Gasteiger partial charge in [-0.1, -0.05) is 0 Å². The van der Waals surface area contributed by atoms with E-state index in [1.807, 2.05) is 7.05 Å². The molecular formula is C12H18N4O3. The summed E-state index contributed by atoms with van der Waals surface area (Å²) in [6.45, 7) is 4.77. The van der Waals surface area contributed by atoms with Crippen molar-refractivity contribution in [3.05, 3.63) is 27.9 Å². The van der Waals surface area contributed by atoms with E-state index in [0.29, 0.717) is 24.5 Å². The molecule has 0 saturated carbocycles. The molecule has 0 bridgehead atoms. The van der Waals surface area contributed by atoms with E-state index in [2.05, 4.69) is 15.2 Å². The lowest BCUT2D eigenvalue weighted by molar-refractivity contribution is -0.385. The Morgan fingerprint density at radius 1 is 1.68 bits per heavy atom. The van der Waals surface area contributed by atoms with Crippen LogP contribution in [0.3, 0.4) is 0 Å². The van der Waals surface area contributed by atoms with Gasteiger partial charge < -0.3 is 15.0 Å². The number of anilines is 1. The number of nitrogens with zero attached hydrogens (tertiary/aromatic N) is 3. The quantitative estimate of drug-likeness (QED) is 0.648. The fourth-order valence-electron chi connectivity index (χ4n) is 2.02. The molecule has 0 spiro atoms. The van der Waals surface area contributed by atoms with Crippen LogP contribution in [0.2, 0.25) is 0 Å². The fraction of sp³-hybridized carbons (Fsp3) is 0.583. The first-order valence-corrected chi connectivity index (χ1v) is 6.21. The van der Waals surface area contributed by atoms with E-state index in [9.17, 15) is 10.1 Å². The standard InChI is InChI=1S/C12H18N4O3/c1-9-6-13-12(5-11(9)16(17)18)14-7-10-8-15(2)3-4-19-10/h5-6,10H,3-4,7-8H2,1-2H3,(H,13,14). The zero-order chi connectivity index (χ0) is 13.8. The number of nitro groups is 1. The number of aromatic nitrogens is 1. The monoisotopic (exact) mass is 266 g/mol. The SMILES string of the molecule is Cc1cnc(NCC2CN(C)CCO2)cc1[N+](=O)[O-]. The van der Waals surface area contributed by atoms with Crippen LogP contribution >= 0.6 is 0 Å². The summed E-state index contributed by atoms with van der Waals surface area (Å²) in [5, 5.41) is 13.9. The predicted octanol–water partition coefficient (Wildman–Crippen LogP) is 1.04. The molecule has 0 aromatic carbocycles. The number of nitrogens with one attached hydrogen (secondary N) is 1. The molecule has 1 aromatic heterocycles. The summed E-state index contributed by atoms with van der Waals surface area (Å²) in [7, 11) is 2.05. The zero-order valence-electron chi connectivity index (χ0n) is 11.1. The summed E-state index contributed by atoms with van der Waals surface area (Å²) in [6.07, 6.45) is 1.59. The van der Waals surface area contributed by atoms with Gasteiger partial charge in [-0.2, -0.15) is 0 Å².